The number of aryl methyl sites for hydroxylation is 2. The van der Waals surface area contributed by atoms with Crippen LogP contribution in [0.4, 0.5) is 0 Å². The highest BCUT2D eigenvalue weighted by Crippen LogP contribution is 2.46. The molecule has 5 rings (SSSR count). The number of piperidine rings is 2. The third kappa shape index (κ3) is 5.55. The molecule has 1 atom stereocenters. The van der Waals surface area contributed by atoms with E-state index in [0.29, 0.717) is 24.2 Å². The molecule has 0 radical (unpaired) electrons. The maximum Gasteiger partial charge on any atom is 0.222 e. The number of hydrogen-bond donors (Lipinski definition) is 1. The molecule has 3 heterocycles. The second-order valence-electron chi connectivity index (χ2n) is 9.75. The Morgan fingerprint density at radius 1 is 1.06 bits per heavy atom. The molecule has 2 aliphatic heterocycles. The molecule has 0 bridgehead atoms. The molecular weight excluding hydrogens is 578 g/mol. The number of halogens is 3. The van der Waals surface area contributed by atoms with Gasteiger partial charge >= 0.3 is 0 Å². The summed E-state index contributed by atoms with van der Waals surface area (Å²) >= 11 is 13.9. The molecule has 1 aromatic carbocycles. The van der Waals surface area contributed by atoms with Gasteiger partial charge in [-0.15, -0.1) is 0 Å². The van der Waals surface area contributed by atoms with Gasteiger partial charge in [0.2, 0.25) is 5.91 Å². The van der Waals surface area contributed by atoms with Crippen LogP contribution in [0.1, 0.15) is 67.8 Å². The summed E-state index contributed by atoms with van der Waals surface area (Å²) in [6, 6.07) is 6.39. The standard InChI is InChI=1S/C26H30Br2ClN3O.CH4/c27-20-12-19-2-1-18-13-21(29)14-22(28)24(18)25(26(19)31-15-20)17-5-9-32(10-6-17)23(33)11-16-3-7-30-8-4-16;/h12-17,25,30H,1-11H2;1H4/t25-;/m1./s1. The van der Waals surface area contributed by atoms with E-state index in [1.54, 1.807) is 0 Å². The highest BCUT2D eigenvalue weighted by Gasteiger charge is 2.36. The number of carbonyl (C=O) groups is 1. The first-order valence-corrected chi connectivity index (χ1v) is 14.1. The van der Waals surface area contributed by atoms with Gasteiger partial charge in [-0.2, -0.15) is 0 Å². The molecule has 0 spiro atoms. The van der Waals surface area contributed by atoms with Gasteiger partial charge in [0.05, 0.1) is 5.69 Å². The quantitative estimate of drug-likeness (QED) is 0.418. The monoisotopic (exact) mass is 609 g/mol. The minimum absolute atomic E-state index is 0. The second kappa shape index (κ2) is 11.4. The molecule has 4 nitrogen and oxygen atoms in total. The Bertz CT molecular complexity index is 1030. The summed E-state index contributed by atoms with van der Waals surface area (Å²) < 4.78 is 2.11. The summed E-state index contributed by atoms with van der Waals surface area (Å²) in [6.45, 7) is 3.78. The number of benzene rings is 1. The lowest BCUT2D eigenvalue weighted by molar-refractivity contribution is -0.133. The van der Waals surface area contributed by atoms with Crippen LogP contribution in [-0.4, -0.2) is 42.0 Å². The number of nitrogens with zero attached hydrogens (tertiary/aromatic N) is 2. The van der Waals surface area contributed by atoms with Gasteiger partial charge in [-0.25, -0.2) is 0 Å². The number of amides is 1. The van der Waals surface area contributed by atoms with Crippen molar-refractivity contribution >= 4 is 49.4 Å². The topological polar surface area (TPSA) is 45.2 Å². The van der Waals surface area contributed by atoms with Crippen LogP contribution < -0.4 is 5.32 Å². The van der Waals surface area contributed by atoms with E-state index in [9.17, 15) is 4.79 Å². The first-order valence-electron chi connectivity index (χ1n) is 12.1. The van der Waals surface area contributed by atoms with Crippen molar-refractivity contribution in [3.8, 4) is 0 Å². The molecule has 184 valence electrons. The van der Waals surface area contributed by atoms with E-state index in [2.05, 4.69) is 54.2 Å². The van der Waals surface area contributed by atoms with Gasteiger partial charge < -0.3 is 10.2 Å². The van der Waals surface area contributed by atoms with E-state index >= 15 is 0 Å². The van der Waals surface area contributed by atoms with Gasteiger partial charge in [0, 0.05) is 45.6 Å². The maximum absolute atomic E-state index is 13.0. The van der Waals surface area contributed by atoms with Crippen LogP contribution in [0, 0.1) is 11.8 Å². The van der Waals surface area contributed by atoms with Gasteiger partial charge in [-0.3, -0.25) is 9.78 Å². The number of fused-ring (bicyclic) bond motifs is 2. The number of rotatable bonds is 3. The number of carbonyl (C=O) groups excluding carboxylic acids is 1. The van der Waals surface area contributed by atoms with Crippen molar-refractivity contribution in [2.75, 3.05) is 26.2 Å². The SMILES string of the molecule is C.O=C(CC1CCNCC1)N1CCC([C@H]2c3ncc(Br)cc3CCc3cc(Cl)cc(Br)c32)CC1. The van der Waals surface area contributed by atoms with Gasteiger partial charge in [0.1, 0.15) is 0 Å². The maximum atomic E-state index is 13.0. The molecule has 7 heteroatoms. The average molecular weight is 612 g/mol. The first kappa shape index (κ1) is 26.1. The fourth-order valence-corrected chi connectivity index (χ4v) is 7.47. The highest BCUT2D eigenvalue weighted by atomic mass is 79.9. The van der Waals surface area contributed by atoms with E-state index in [0.717, 1.165) is 78.7 Å². The van der Waals surface area contributed by atoms with Crippen LogP contribution in [0.25, 0.3) is 0 Å². The normalized spacial score (nSPS) is 21.3. The Labute approximate surface area is 225 Å². The number of aromatic nitrogens is 1. The second-order valence-corrected chi connectivity index (χ2v) is 12.0. The van der Waals surface area contributed by atoms with Crippen molar-refractivity contribution in [3.63, 3.8) is 0 Å². The predicted octanol–water partition coefficient (Wildman–Crippen LogP) is 6.75. The Morgan fingerprint density at radius 3 is 2.50 bits per heavy atom. The molecule has 1 N–H and O–H groups in total. The van der Waals surface area contributed by atoms with Crippen molar-refractivity contribution < 1.29 is 4.79 Å². The Hall–Kier alpha value is -0.950. The van der Waals surface area contributed by atoms with E-state index in [4.69, 9.17) is 16.6 Å². The summed E-state index contributed by atoms with van der Waals surface area (Å²) in [5, 5.41) is 4.17. The van der Waals surface area contributed by atoms with Crippen LogP contribution >= 0.6 is 43.5 Å². The molecule has 1 aromatic heterocycles. The van der Waals surface area contributed by atoms with Crippen molar-refractivity contribution in [3.05, 3.63) is 60.7 Å². The fraction of sp³-hybridized carbons (Fsp3) is 0.556. The highest BCUT2D eigenvalue weighted by molar-refractivity contribution is 9.10. The minimum Gasteiger partial charge on any atom is -0.343 e. The largest absolute Gasteiger partial charge is 0.343 e. The summed E-state index contributed by atoms with van der Waals surface area (Å²) in [5.74, 6) is 1.56. The lowest BCUT2D eigenvalue weighted by atomic mass is 9.76. The Morgan fingerprint density at radius 2 is 1.76 bits per heavy atom. The predicted molar refractivity (Wildman–Crippen MR) is 147 cm³/mol. The van der Waals surface area contributed by atoms with Crippen molar-refractivity contribution in [2.24, 2.45) is 11.8 Å². The molecular formula is C27H34Br2ClN3O. The van der Waals surface area contributed by atoms with Crippen molar-refractivity contribution in [1.29, 1.82) is 0 Å². The Balaban J connectivity index is 0.00000274. The number of nitrogens with one attached hydrogen (secondary N) is 1. The van der Waals surface area contributed by atoms with Crippen molar-refractivity contribution in [2.45, 2.75) is 58.3 Å². The zero-order valence-electron chi connectivity index (χ0n) is 18.8. The molecule has 2 saturated heterocycles. The van der Waals surface area contributed by atoms with Crippen LogP contribution in [0.3, 0.4) is 0 Å². The van der Waals surface area contributed by atoms with Crippen LogP contribution in [0.5, 0.6) is 0 Å². The lowest BCUT2D eigenvalue weighted by Crippen LogP contribution is -2.41. The van der Waals surface area contributed by atoms with Crippen LogP contribution in [0.15, 0.2) is 33.3 Å². The summed E-state index contributed by atoms with van der Waals surface area (Å²) in [7, 11) is 0. The minimum atomic E-state index is 0. The van der Waals surface area contributed by atoms with E-state index in [1.165, 1.54) is 22.4 Å². The zero-order valence-corrected chi connectivity index (χ0v) is 22.7. The summed E-state index contributed by atoms with van der Waals surface area (Å²) in [4.78, 5) is 20.1. The van der Waals surface area contributed by atoms with Gasteiger partial charge in [-0.05, 0) is 114 Å². The van der Waals surface area contributed by atoms with Gasteiger partial charge in [0.15, 0.2) is 0 Å². The van der Waals surface area contributed by atoms with Crippen LogP contribution in [0.2, 0.25) is 5.02 Å². The third-order valence-electron chi connectivity index (χ3n) is 7.70. The van der Waals surface area contributed by atoms with Gasteiger partial charge in [-0.1, -0.05) is 35.0 Å². The van der Waals surface area contributed by atoms with E-state index in [-0.39, 0.29) is 13.3 Å². The molecule has 0 saturated carbocycles. The first-order chi connectivity index (χ1) is 16.0. The fourth-order valence-electron chi connectivity index (χ4n) is 5.97. The molecule has 1 aliphatic carbocycles. The molecule has 2 fully saturated rings. The third-order valence-corrected chi connectivity index (χ3v) is 9.01. The zero-order chi connectivity index (χ0) is 22.9. The molecule has 0 unspecified atom stereocenters. The summed E-state index contributed by atoms with van der Waals surface area (Å²) in [6.07, 6.45) is 8.82. The van der Waals surface area contributed by atoms with E-state index in [1.807, 2.05) is 12.3 Å². The smallest absolute Gasteiger partial charge is 0.222 e. The number of pyridine rings is 1. The molecule has 34 heavy (non-hydrogen) atoms. The van der Waals surface area contributed by atoms with E-state index < -0.39 is 0 Å². The molecule has 1 amide bonds. The Kier molecular flexibility index (Phi) is 8.76. The molecule has 3 aliphatic rings. The lowest BCUT2D eigenvalue weighted by Gasteiger charge is -2.37. The molecule has 2 aromatic rings. The number of hydrogen-bond acceptors (Lipinski definition) is 3. The number of likely N-dealkylation sites (tertiary alicyclic amines) is 1. The summed E-state index contributed by atoms with van der Waals surface area (Å²) in [5.41, 5.74) is 5.17. The average Bonchev–Trinajstić information content (AvgIpc) is 2.96. The van der Waals surface area contributed by atoms with Crippen molar-refractivity contribution in [1.82, 2.24) is 15.2 Å². The van der Waals surface area contributed by atoms with Crippen LogP contribution in [-0.2, 0) is 17.6 Å². The van der Waals surface area contributed by atoms with Gasteiger partial charge in [0.25, 0.3) is 0 Å².